The van der Waals surface area contributed by atoms with Gasteiger partial charge >= 0.3 is 0 Å². The maximum absolute atomic E-state index is 11.7. The highest BCUT2D eigenvalue weighted by molar-refractivity contribution is 5.73. The molecule has 10 atom stereocenters. The minimum atomic E-state index is -1.52. The van der Waals surface area contributed by atoms with E-state index in [0.717, 1.165) is 5.56 Å². The maximum atomic E-state index is 11.7. The number of benzene rings is 1. The molecule has 0 spiro atoms. The first-order valence-corrected chi connectivity index (χ1v) is 11.6. The van der Waals surface area contributed by atoms with Gasteiger partial charge in [0.05, 0.1) is 19.8 Å². The topological polar surface area (TPSA) is 196 Å². The Morgan fingerprint density at radius 1 is 0.806 bits per heavy atom. The average molecular weight is 515 g/mol. The lowest BCUT2D eigenvalue weighted by Crippen LogP contribution is -2.66. The number of amides is 2. The summed E-state index contributed by atoms with van der Waals surface area (Å²) in [4.78, 5) is 23.3. The predicted molar refractivity (Wildman–Crippen MR) is 121 cm³/mol. The van der Waals surface area contributed by atoms with Crippen LogP contribution >= 0.6 is 0 Å². The first-order chi connectivity index (χ1) is 17.1. The zero-order chi connectivity index (χ0) is 26.4. The summed E-state index contributed by atoms with van der Waals surface area (Å²) in [5.41, 5.74) is 0.812. The highest BCUT2D eigenvalue weighted by Gasteiger charge is 2.48. The molecule has 202 valence electrons. The molecule has 0 saturated carbocycles. The molecule has 1 aromatic carbocycles. The van der Waals surface area contributed by atoms with E-state index in [0.29, 0.717) is 0 Å². The zero-order valence-electron chi connectivity index (χ0n) is 20.0. The molecule has 1 aromatic rings. The lowest BCUT2D eigenvalue weighted by Gasteiger charge is -2.45. The second-order valence-electron chi connectivity index (χ2n) is 8.81. The fourth-order valence-corrected chi connectivity index (χ4v) is 4.15. The SMILES string of the molecule is CC(=O)N[C@H]1[C@H](OCc2ccccc2)O[C@H](CO[C@H]2O[C@H](CO)[C@@H](O)[C@H](O)[C@H]2NC(C)=O)[C@@H](O)[C@@H]1O. The summed E-state index contributed by atoms with van der Waals surface area (Å²) in [5, 5.41) is 56.3. The Morgan fingerprint density at radius 3 is 1.83 bits per heavy atom. The van der Waals surface area contributed by atoms with E-state index in [-0.39, 0.29) is 6.61 Å². The summed E-state index contributed by atoms with van der Waals surface area (Å²) in [6.45, 7) is 1.53. The van der Waals surface area contributed by atoms with E-state index in [1.54, 1.807) is 0 Å². The molecule has 13 nitrogen and oxygen atoms in total. The molecule has 36 heavy (non-hydrogen) atoms. The third kappa shape index (κ3) is 6.97. The minimum absolute atomic E-state index is 0.0938. The normalized spacial score (nSPS) is 36.8. The van der Waals surface area contributed by atoms with Gasteiger partial charge in [0, 0.05) is 13.8 Å². The standard InChI is InChI=1S/C23H34N2O11/c1-11(27)24-16-20(31)18(29)14(8-26)35-23(16)34-10-15-19(30)21(32)17(25-12(2)28)22(36-15)33-9-13-6-4-3-5-7-13/h3-7,14-23,26,29-32H,8-10H2,1-2H3,(H,24,27)(H,25,28)/t14-,15-,16-,17-,18-,19-,20-,21-,22-,23+/m1/s1. The lowest BCUT2D eigenvalue weighted by molar-refractivity contribution is -0.305. The van der Waals surface area contributed by atoms with Gasteiger partial charge in [-0.25, -0.2) is 0 Å². The molecule has 0 unspecified atom stereocenters. The van der Waals surface area contributed by atoms with Gasteiger partial charge in [-0.15, -0.1) is 0 Å². The van der Waals surface area contributed by atoms with Crippen molar-refractivity contribution in [1.29, 1.82) is 0 Å². The lowest BCUT2D eigenvalue weighted by atomic mass is 9.96. The molecule has 2 saturated heterocycles. The van der Waals surface area contributed by atoms with E-state index >= 15 is 0 Å². The van der Waals surface area contributed by atoms with Crippen LogP contribution in [0, 0.1) is 0 Å². The zero-order valence-corrected chi connectivity index (χ0v) is 20.0. The van der Waals surface area contributed by atoms with Crippen LogP contribution < -0.4 is 10.6 Å². The van der Waals surface area contributed by atoms with Gasteiger partial charge in [-0.2, -0.15) is 0 Å². The number of nitrogens with one attached hydrogen (secondary N) is 2. The first kappa shape index (κ1) is 28.4. The van der Waals surface area contributed by atoms with Crippen LogP contribution in [-0.2, 0) is 35.1 Å². The van der Waals surface area contributed by atoms with Crippen molar-refractivity contribution in [3.05, 3.63) is 35.9 Å². The molecule has 3 rings (SSSR count). The Kier molecular flexibility index (Phi) is 10.1. The summed E-state index contributed by atoms with van der Waals surface area (Å²) in [6.07, 6.45) is -10.8. The van der Waals surface area contributed by atoms with Crippen molar-refractivity contribution in [3.8, 4) is 0 Å². The van der Waals surface area contributed by atoms with Crippen molar-refractivity contribution in [1.82, 2.24) is 10.6 Å². The molecule has 2 heterocycles. The molecule has 7 N–H and O–H groups in total. The maximum Gasteiger partial charge on any atom is 0.217 e. The van der Waals surface area contributed by atoms with Gasteiger partial charge in [-0.3, -0.25) is 9.59 Å². The fraction of sp³-hybridized carbons (Fsp3) is 0.652. The van der Waals surface area contributed by atoms with Gasteiger partial charge < -0.3 is 55.1 Å². The smallest absolute Gasteiger partial charge is 0.217 e. The van der Waals surface area contributed by atoms with E-state index in [9.17, 15) is 35.1 Å². The van der Waals surface area contributed by atoms with Crippen molar-refractivity contribution in [2.75, 3.05) is 13.2 Å². The number of aliphatic hydroxyl groups is 5. The van der Waals surface area contributed by atoms with Crippen molar-refractivity contribution in [3.63, 3.8) is 0 Å². The molecule has 0 radical (unpaired) electrons. The Hall–Kier alpha value is -2.20. The van der Waals surface area contributed by atoms with E-state index in [4.69, 9.17) is 18.9 Å². The van der Waals surface area contributed by atoms with Crippen molar-refractivity contribution < 1.29 is 54.1 Å². The fourth-order valence-electron chi connectivity index (χ4n) is 4.15. The van der Waals surface area contributed by atoms with Gasteiger partial charge in [-0.05, 0) is 5.56 Å². The van der Waals surface area contributed by atoms with Crippen LogP contribution in [0.15, 0.2) is 30.3 Å². The second kappa shape index (κ2) is 12.9. The average Bonchev–Trinajstić information content (AvgIpc) is 2.85. The molecule has 13 heteroatoms. The first-order valence-electron chi connectivity index (χ1n) is 11.6. The second-order valence-corrected chi connectivity index (χ2v) is 8.81. The molecule has 2 aliphatic rings. The van der Waals surface area contributed by atoms with Gasteiger partial charge in [0.25, 0.3) is 0 Å². The van der Waals surface area contributed by atoms with Crippen LogP contribution in [0.2, 0.25) is 0 Å². The van der Waals surface area contributed by atoms with Crippen molar-refractivity contribution in [2.45, 2.75) is 81.7 Å². The number of rotatable bonds is 9. The number of ether oxygens (including phenoxy) is 4. The highest BCUT2D eigenvalue weighted by Crippen LogP contribution is 2.26. The molecule has 2 aliphatic heterocycles. The summed E-state index contributed by atoms with van der Waals surface area (Å²) in [7, 11) is 0. The Bertz CT molecular complexity index is 860. The van der Waals surface area contributed by atoms with Crippen LogP contribution in [0.25, 0.3) is 0 Å². The molecular weight excluding hydrogens is 480 g/mol. The summed E-state index contributed by atoms with van der Waals surface area (Å²) >= 11 is 0. The van der Waals surface area contributed by atoms with Crippen LogP contribution in [0.3, 0.4) is 0 Å². The molecule has 2 fully saturated rings. The van der Waals surface area contributed by atoms with Crippen molar-refractivity contribution >= 4 is 11.8 Å². The Morgan fingerprint density at radius 2 is 1.31 bits per heavy atom. The monoisotopic (exact) mass is 514 g/mol. The van der Waals surface area contributed by atoms with Crippen LogP contribution in [0.1, 0.15) is 19.4 Å². The number of hydrogen-bond donors (Lipinski definition) is 7. The number of hydrogen-bond acceptors (Lipinski definition) is 11. The van der Waals surface area contributed by atoms with E-state index in [2.05, 4.69) is 10.6 Å². The minimum Gasteiger partial charge on any atom is -0.394 e. The van der Waals surface area contributed by atoms with E-state index in [1.807, 2.05) is 30.3 Å². The van der Waals surface area contributed by atoms with Crippen LogP contribution in [-0.4, -0.2) is 112 Å². The Balaban J connectivity index is 1.71. The van der Waals surface area contributed by atoms with E-state index < -0.39 is 86.3 Å². The summed E-state index contributed by atoms with van der Waals surface area (Å²) in [5.74, 6) is -0.989. The van der Waals surface area contributed by atoms with Gasteiger partial charge in [0.2, 0.25) is 11.8 Å². The van der Waals surface area contributed by atoms with Crippen LogP contribution in [0.5, 0.6) is 0 Å². The van der Waals surface area contributed by atoms with Gasteiger partial charge in [0.15, 0.2) is 12.6 Å². The molecule has 2 amide bonds. The molecule has 0 bridgehead atoms. The Labute approximate surface area is 207 Å². The van der Waals surface area contributed by atoms with Gasteiger partial charge in [-0.1, -0.05) is 30.3 Å². The third-order valence-corrected chi connectivity index (χ3v) is 6.00. The third-order valence-electron chi connectivity index (χ3n) is 6.00. The number of carbonyl (C=O) groups is 2. The molecular formula is C23H34N2O11. The number of aliphatic hydroxyl groups excluding tert-OH is 5. The quantitative estimate of drug-likeness (QED) is 0.179. The predicted octanol–water partition coefficient (Wildman–Crippen LogP) is -2.89. The molecule has 0 aliphatic carbocycles. The van der Waals surface area contributed by atoms with Crippen molar-refractivity contribution in [2.24, 2.45) is 0 Å². The van der Waals surface area contributed by atoms with Crippen LogP contribution in [0.4, 0.5) is 0 Å². The molecule has 0 aromatic heterocycles. The van der Waals surface area contributed by atoms with E-state index in [1.165, 1.54) is 13.8 Å². The number of carbonyl (C=O) groups excluding carboxylic acids is 2. The largest absolute Gasteiger partial charge is 0.394 e. The van der Waals surface area contributed by atoms with Gasteiger partial charge in [0.1, 0.15) is 48.7 Å². The summed E-state index contributed by atoms with van der Waals surface area (Å²) < 4.78 is 22.8. The summed E-state index contributed by atoms with van der Waals surface area (Å²) in [6, 6.07) is 6.86. The highest BCUT2D eigenvalue weighted by atomic mass is 16.7.